The lowest BCUT2D eigenvalue weighted by atomic mass is 9.39. The summed E-state index contributed by atoms with van der Waals surface area (Å²) in [5.74, 6) is 2.53. The van der Waals surface area contributed by atoms with Crippen molar-refractivity contribution in [2.45, 2.75) is 92.4 Å². The molecule has 3 fully saturated rings. The van der Waals surface area contributed by atoms with Crippen molar-refractivity contribution in [1.82, 2.24) is 0 Å². The van der Waals surface area contributed by atoms with Gasteiger partial charge in [0.1, 0.15) is 0 Å². The lowest BCUT2D eigenvalue weighted by Gasteiger charge is -2.66. The summed E-state index contributed by atoms with van der Waals surface area (Å²) in [5, 5.41) is 0. The van der Waals surface area contributed by atoms with Crippen LogP contribution in [0.15, 0.2) is 24.3 Å². The Morgan fingerprint density at radius 2 is 1.71 bits per heavy atom. The summed E-state index contributed by atoms with van der Waals surface area (Å²) in [5.41, 5.74) is 4.45. The van der Waals surface area contributed by atoms with E-state index >= 15 is 0 Å². The van der Waals surface area contributed by atoms with Gasteiger partial charge in [-0.1, -0.05) is 51.8 Å². The van der Waals surface area contributed by atoms with Gasteiger partial charge in [0.15, 0.2) is 0 Å². The molecular weight excluding hydrogens is 288 g/mol. The maximum atomic E-state index is 4.54. The van der Waals surface area contributed by atoms with Crippen LogP contribution in [-0.4, -0.2) is 0 Å². The first-order chi connectivity index (χ1) is 11.1. The molecule has 0 radical (unpaired) electrons. The normalized spacial score (nSPS) is 44.5. The molecule has 24 heavy (non-hydrogen) atoms. The molecule has 0 aromatic carbocycles. The predicted molar refractivity (Wildman–Crippen MR) is 106 cm³/mol. The molecule has 0 saturated heterocycles. The van der Waals surface area contributed by atoms with Crippen LogP contribution in [-0.2, 0) is 0 Å². The van der Waals surface area contributed by atoms with Crippen molar-refractivity contribution in [1.29, 1.82) is 0 Å². The van der Waals surface area contributed by atoms with Crippen LogP contribution >= 0.6 is 0 Å². The molecule has 136 valence electrons. The molecule has 0 nitrogen and oxygen atoms in total. The molecule has 0 heteroatoms. The fourth-order valence-electron chi connectivity index (χ4n) is 7.66. The minimum atomic E-state index is 0.476. The monoisotopic (exact) mass is 328 g/mol. The maximum absolute atomic E-state index is 4.54. The fraction of sp³-hybridized carbons (Fsp3) is 0.833. The van der Waals surface area contributed by atoms with E-state index in [1.165, 1.54) is 63.4 Å². The third-order valence-electron chi connectivity index (χ3n) is 8.74. The van der Waals surface area contributed by atoms with Crippen LogP contribution < -0.4 is 0 Å². The van der Waals surface area contributed by atoms with Gasteiger partial charge in [-0.2, -0.15) is 0 Å². The van der Waals surface area contributed by atoms with Crippen molar-refractivity contribution in [2.24, 2.45) is 34.0 Å². The van der Waals surface area contributed by atoms with E-state index in [4.69, 9.17) is 0 Å². The zero-order valence-corrected chi connectivity index (χ0v) is 17.0. The van der Waals surface area contributed by atoms with Crippen molar-refractivity contribution in [3.05, 3.63) is 24.3 Å². The van der Waals surface area contributed by atoms with Crippen LogP contribution in [0.5, 0.6) is 0 Å². The molecule has 3 aliphatic rings. The molecule has 0 aromatic rings. The van der Waals surface area contributed by atoms with E-state index in [1.807, 2.05) is 0 Å². The van der Waals surface area contributed by atoms with Crippen molar-refractivity contribution < 1.29 is 0 Å². The van der Waals surface area contributed by atoms with Crippen molar-refractivity contribution >= 4 is 0 Å². The molecule has 3 rings (SSSR count). The van der Waals surface area contributed by atoms with E-state index in [9.17, 15) is 0 Å². The molecule has 0 spiro atoms. The highest BCUT2D eigenvalue weighted by molar-refractivity contribution is 5.19. The Morgan fingerprint density at radius 1 is 1.00 bits per heavy atom. The van der Waals surface area contributed by atoms with Crippen molar-refractivity contribution in [3.63, 3.8) is 0 Å². The van der Waals surface area contributed by atoms with E-state index in [-0.39, 0.29) is 0 Å². The van der Waals surface area contributed by atoms with Crippen LogP contribution in [0.1, 0.15) is 92.4 Å². The summed E-state index contributed by atoms with van der Waals surface area (Å²) in [6, 6.07) is 0. The largest absolute Gasteiger partial charge is 0.100 e. The average Bonchev–Trinajstić information content (AvgIpc) is 2.44. The van der Waals surface area contributed by atoms with Crippen molar-refractivity contribution in [3.8, 4) is 0 Å². The quantitative estimate of drug-likeness (QED) is 0.469. The second kappa shape index (κ2) is 6.03. The molecule has 0 bridgehead atoms. The molecule has 3 saturated carbocycles. The maximum Gasteiger partial charge on any atom is -0.0146 e. The molecule has 0 heterocycles. The summed E-state index contributed by atoms with van der Waals surface area (Å²) in [4.78, 5) is 0. The van der Waals surface area contributed by atoms with Gasteiger partial charge < -0.3 is 0 Å². The van der Waals surface area contributed by atoms with Gasteiger partial charge in [0, 0.05) is 0 Å². The average molecular weight is 329 g/mol. The minimum Gasteiger partial charge on any atom is -0.100 e. The molecule has 0 unspecified atom stereocenters. The fourth-order valence-corrected chi connectivity index (χ4v) is 7.66. The topological polar surface area (TPSA) is 0 Å². The van der Waals surface area contributed by atoms with E-state index in [1.54, 1.807) is 5.57 Å². The number of hydrogen-bond acceptors (Lipinski definition) is 0. The first-order valence-electron chi connectivity index (χ1n) is 10.4. The highest BCUT2D eigenvalue weighted by Gasteiger charge is 2.60. The standard InChI is InChI=1S/C24H40/c1-17(2)9-11-19-18(3)10-12-21-23(19,6)16-13-20-22(4,5)14-8-15-24(20,21)7/h19-21H,1,3,8-16H2,2,4-7H3/t19-,20-,21-,23+,24+/m1/s1. The van der Waals surface area contributed by atoms with E-state index < -0.39 is 0 Å². The van der Waals surface area contributed by atoms with Gasteiger partial charge in [0.05, 0.1) is 0 Å². The first kappa shape index (κ1) is 18.3. The molecule has 0 aromatic heterocycles. The summed E-state index contributed by atoms with van der Waals surface area (Å²) < 4.78 is 0. The lowest BCUT2D eigenvalue weighted by molar-refractivity contribution is -0.153. The van der Waals surface area contributed by atoms with Gasteiger partial charge in [0.2, 0.25) is 0 Å². The first-order valence-corrected chi connectivity index (χ1v) is 10.4. The Hall–Kier alpha value is -0.520. The molecule has 3 aliphatic carbocycles. The third kappa shape index (κ3) is 2.73. The molecule has 5 atom stereocenters. The predicted octanol–water partition coefficient (Wildman–Crippen LogP) is 7.56. The molecule has 0 amide bonds. The molecular formula is C24H40. The van der Waals surface area contributed by atoms with Gasteiger partial charge in [-0.05, 0) is 92.3 Å². The molecule has 0 aliphatic heterocycles. The number of hydrogen-bond donors (Lipinski definition) is 0. The summed E-state index contributed by atoms with van der Waals surface area (Å²) >= 11 is 0. The van der Waals surface area contributed by atoms with Gasteiger partial charge in [0.25, 0.3) is 0 Å². The molecule has 0 N–H and O–H groups in total. The Labute approximate surface area is 151 Å². The van der Waals surface area contributed by atoms with Crippen molar-refractivity contribution in [2.75, 3.05) is 0 Å². The Bertz CT molecular complexity index is 524. The Kier molecular flexibility index (Phi) is 4.59. The van der Waals surface area contributed by atoms with Gasteiger partial charge in [-0.15, -0.1) is 6.58 Å². The van der Waals surface area contributed by atoms with Crippen LogP contribution in [0.2, 0.25) is 0 Å². The zero-order valence-electron chi connectivity index (χ0n) is 17.0. The van der Waals surface area contributed by atoms with Gasteiger partial charge >= 0.3 is 0 Å². The number of rotatable bonds is 3. The van der Waals surface area contributed by atoms with Gasteiger partial charge in [-0.25, -0.2) is 0 Å². The Balaban J connectivity index is 1.93. The Morgan fingerprint density at radius 3 is 2.38 bits per heavy atom. The van der Waals surface area contributed by atoms with Crippen LogP contribution in [0.4, 0.5) is 0 Å². The minimum absolute atomic E-state index is 0.476. The van der Waals surface area contributed by atoms with Gasteiger partial charge in [-0.3, -0.25) is 0 Å². The summed E-state index contributed by atoms with van der Waals surface area (Å²) in [6.45, 7) is 21.3. The van der Waals surface area contributed by atoms with Crippen LogP contribution in [0, 0.1) is 34.0 Å². The number of allylic oxidation sites excluding steroid dienone is 2. The summed E-state index contributed by atoms with van der Waals surface area (Å²) in [7, 11) is 0. The highest BCUT2D eigenvalue weighted by Crippen LogP contribution is 2.69. The smallest absolute Gasteiger partial charge is 0.0146 e. The van der Waals surface area contributed by atoms with E-state index in [2.05, 4.69) is 47.8 Å². The zero-order chi connectivity index (χ0) is 17.8. The SMILES string of the molecule is C=C(C)CC[C@@H]1C(=C)CC[C@@H]2[C@@]1(C)CC[C@@H]1C(C)(C)CCC[C@]21C. The van der Waals surface area contributed by atoms with E-state index in [0.29, 0.717) is 16.2 Å². The van der Waals surface area contributed by atoms with Crippen LogP contribution in [0.3, 0.4) is 0 Å². The highest BCUT2D eigenvalue weighted by atomic mass is 14.6. The second-order valence-electron chi connectivity index (χ2n) is 10.7. The third-order valence-corrected chi connectivity index (χ3v) is 8.74. The second-order valence-corrected chi connectivity index (χ2v) is 10.7. The lowest BCUT2D eigenvalue weighted by Crippen LogP contribution is -2.58. The summed E-state index contributed by atoms with van der Waals surface area (Å²) in [6.07, 6.45) is 12.3. The number of fused-ring (bicyclic) bond motifs is 3. The van der Waals surface area contributed by atoms with E-state index in [0.717, 1.165) is 17.8 Å². The van der Waals surface area contributed by atoms with Crippen LogP contribution in [0.25, 0.3) is 0 Å².